The summed E-state index contributed by atoms with van der Waals surface area (Å²) >= 11 is 0. The maximum Gasteiger partial charge on any atom is 0.197 e. The number of aliphatic hydroxyl groups is 2. The number of hydrogen-bond donors (Lipinski definition) is 2. The van der Waals surface area contributed by atoms with E-state index in [-0.39, 0.29) is 22.4 Å². The normalized spacial score (nSPS) is 50.6. The van der Waals surface area contributed by atoms with Crippen LogP contribution in [0.1, 0.15) is 66.2 Å². The Morgan fingerprint density at radius 3 is 2.48 bits per heavy atom. The molecule has 2 fully saturated rings. The highest BCUT2D eigenvalue weighted by Gasteiger charge is 2.59. The minimum atomic E-state index is -0.552. The maximum absolute atomic E-state index is 12.2. The Labute approximate surface area is 127 Å². The summed E-state index contributed by atoms with van der Waals surface area (Å²) in [6.07, 6.45) is 5.20. The van der Waals surface area contributed by atoms with E-state index in [0.29, 0.717) is 18.3 Å². The predicted molar refractivity (Wildman–Crippen MR) is 81.9 cm³/mol. The summed E-state index contributed by atoms with van der Waals surface area (Å²) in [6.45, 7) is 8.42. The van der Waals surface area contributed by atoms with Crippen molar-refractivity contribution in [2.75, 3.05) is 0 Å². The summed E-state index contributed by atoms with van der Waals surface area (Å²) in [5.74, 6) is 0.705. The van der Waals surface area contributed by atoms with E-state index in [4.69, 9.17) is 0 Å². The smallest absolute Gasteiger partial charge is 0.197 e. The number of aliphatic hydroxyl groups excluding tert-OH is 1. The molecule has 3 heteroatoms. The summed E-state index contributed by atoms with van der Waals surface area (Å²) in [5, 5.41) is 20.5. The Kier molecular flexibility index (Phi) is 3.12. The van der Waals surface area contributed by atoms with Crippen molar-refractivity contribution >= 4 is 5.78 Å². The molecular formula is C18H28O3. The molecule has 0 heterocycles. The average Bonchev–Trinajstić information content (AvgIpc) is 2.41. The van der Waals surface area contributed by atoms with Gasteiger partial charge in [-0.2, -0.15) is 0 Å². The molecule has 3 aliphatic carbocycles. The standard InChI is InChI=1S/C18H28O3/c1-11-15(20)13(19)9-14-17(11,3)6-5-12-10-16(2,21)7-8-18(12,14)4/h12,14,20-21H,5-10H2,1-4H3. The first-order chi connectivity index (χ1) is 9.60. The van der Waals surface area contributed by atoms with Gasteiger partial charge in [-0.1, -0.05) is 13.8 Å². The van der Waals surface area contributed by atoms with Gasteiger partial charge in [0.15, 0.2) is 11.5 Å². The fourth-order valence-electron chi connectivity index (χ4n) is 5.54. The van der Waals surface area contributed by atoms with Crippen LogP contribution in [0.4, 0.5) is 0 Å². The van der Waals surface area contributed by atoms with Crippen molar-refractivity contribution in [2.24, 2.45) is 22.7 Å². The van der Waals surface area contributed by atoms with E-state index >= 15 is 0 Å². The van der Waals surface area contributed by atoms with E-state index in [1.807, 2.05) is 13.8 Å². The highest BCUT2D eigenvalue weighted by molar-refractivity contribution is 5.95. The van der Waals surface area contributed by atoms with Gasteiger partial charge >= 0.3 is 0 Å². The van der Waals surface area contributed by atoms with E-state index in [1.54, 1.807) is 0 Å². The zero-order valence-corrected chi connectivity index (χ0v) is 13.7. The largest absolute Gasteiger partial charge is 0.504 e. The number of carbonyl (C=O) groups is 1. The Hall–Kier alpha value is -0.830. The quantitative estimate of drug-likeness (QED) is 0.714. The minimum absolute atomic E-state index is 0.0126. The lowest BCUT2D eigenvalue weighted by Gasteiger charge is -2.61. The molecule has 2 N–H and O–H groups in total. The molecule has 118 valence electrons. The van der Waals surface area contributed by atoms with Crippen LogP contribution in [0.5, 0.6) is 0 Å². The van der Waals surface area contributed by atoms with Crippen LogP contribution >= 0.6 is 0 Å². The Bertz CT molecular complexity index is 519. The fourth-order valence-corrected chi connectivity index (χ4v) is 5.54. The Balaban J connectivity index is 2.02. The number of rotatable bonds is 0. The van der Waals surface area contributed by atoms with E-state index in [1.165, 1.54) is 0 Å². The number of ketones is 1. The van der Waals surface area contributed by atoms with E-state index in [2.05, 4.69) is 13.8 Å². The molecule has 3 nitrogen and oxygen atoms in total. The SMILES string of the molecule is CC1=C(O)C(=O)CC2C1(C)CCC1CC(C)(O)CCC12C. The van der Waals surface area contributed by atoms with E-state index in [0.717, 1.165) is 37.7 Å². The van der Waals surface area contributed by atoms with E-state index in [9.17, 15) is 15.0 Å². The lowest BCUT2D eigenvalue weighted by molar-refractivity contribution is -0.143. The number of carbonyl (C=O) groups excluding carboxylic acids is 1. The second-order valence-corrected chi connectivity index (χ2v) is 8.51. The number of allylic oxidation sites excluding steroid dienone is 2. The Morgan fingerprint density at radius 2 is 1.81 bits per heavy atom. The second kappa shape index (κ2) is 4.34. The van der Waals surface area contributed by atoms with Crippen LogP contribution in [0, 0.1) is 22.7 Å². The first-order valence-corrected chi connectivity index (χ1v) is 8.26. The minimum Gasteiger partial charge on any atom is -0.504 e. The van der Waals surface area contributed by atoms with Gasteiger partial charge < -0.3 is 10.2 Å². The van der Waals surface area contributed by atoms with Gasteiger partial charge in [-0.05, 0) is 74.2 Å². The van der Waals surface area contributed by atoms with Crippen LogP contribution in [0.15, 0.2) is 11.3 Å². The van der Waals surface area contributed by atoms with Gasteiger partial charge in [0.1, 0.15) is 0 Å². The molecule has 5 atom stereocenters. The molecule has 0 aromatic heterocycles. The molecule has 0 bridgehead atoms. The highest BCUT2D eigenvalue weighted by Crippen LogP contribution is 2.65. The van der Waals surface area contributed by atoms with Crippen molar-refractivity contribution in [1.82, 2.24) is 0 Å². The molecule has 2 saturated carbocycles. The zero-order valence-electron chi connectivity index (χ0n) is 13.7. The second-order valence-electron chi connectivity index (χ2n) is 8.51. The van der Waals surface area contributed by atoms with Crippen LogP contribution in [0.25, 0.3) is 0 Å². The first kappa shape index (κ1) is 15.1. The Morgan fingerprint density at radius 1 is 1.14 bits per heavy atom. The summed E-state index contributed by atoms with van der Waals surface area (Å²) in [7, 11) is 0. The van der Waals surface area contributed by atoms with Crippen molar-refractivity contribution in [3.63, 3.8) is 0 Å². The molecule has 5 unspecified atom stereocenters. The molecule has 0 aromatic rings. The molecule has 0 radical (unpaired) electrons. The van der Waals surface area contributed by atoms with Gasteiger partial charge in [0.05, 0.1) is 5.60 Å². The average molecular weight is 292 g/mol. The molecule has 3 rings (SSSR count). The molecule has 0 saturated heterocycles. The predicted octanol–water partition coefficient (Wildman–Crippen LogP) is 3.76. The summed E-state index contributed by atoms with van der Waals surface area (Å²) in [5.41, 5.74) is 0.379. The molecule has 21 heavy (non-hydrogen) atoms. The van der Waals surface area contributed by atoms with Gasteiger partial charge in [-0.25, -0.2) is 0 Å². The van der Waals surface area contributed by atoms with Gasteiger partial charge in [0, 0.05) is 6.42 Å². The monoisotopic (exact) mass is 292 g/mol. The lowest BCUT2D eigenvalue weighted by atomic mass is 9.43. The summed E-state index contributed by atoms with van der Waals surface area (Å²) in [4.78, 5) is 12.2. The zero-order chi connectivity index (χ0) is 15.6. The van der Waals surface area contributed by atoms with Crippen LogP contribution in [0.2, 0.25) is 0 Å². The van der Waals surface area contributed by atoms with Crippen LogP contribution in [-0.2, 0) is 4.79 Å². The van der Waals surface area contributed by atoms with Crippen molar-refractivity contribution in [3.05, 3.63) is 11.3 Å². The molecule has 0 amide bonds. The van der Waals surface area contributed by atoms with Gasteiger partial charge in [-0.3, -0.25) is 4.79 Å². The van der Waals surface area contributed by atoms with Crippen molar-refractivity contribution in [1.29, 1.82) is 0 Å². The van der Waals surface area contributed by atoms with Gasteiger partial charge in [0.25, 0.3) is 0 Å². The lowest BCUT2D eigenvalue weighted by Crippen LogP contribution is -2.56. The molecular weight excluding hydrogens is 264 g/mol. The van der Waals surface area contributed by atoms with Crippen LogP contribution < -0.4 is 0 Å². The molecule has 0 aliphatic heterocycles. The van der Waals surface area contributed by atoms with Crippen LogP contribution in [0.3, 0.4) is 0 Å². The third-order valence-corrected chi connectivity index (χ3v) is 7.26. The third-order valence-electron chi connectivity index (χ3n) is 7.26. The van der Waals surface area contributed by atoms with Gasteiger partial charge in [0.2, 0.25) is 0 Å². The summed E-state index contributed by atoms with van der Waals surface area (Å²) < 4.78 is 0. The van der Waals surface area contributed by atoms with Crippen LogP contribution in [-0.4, -0.2) is 21.6 Å². The number of Topliss-reactive ketones (excluding diaryl/α,β-unsaturated/α-hetero) is 1. The van der Waals surface area contributed by atoms with E-state index < -0.39 is 5.60 Å². The number of fused-ring (bicyclic) bond motifs is 3. The van der Waals surface area contributed by atoms with Crippen molar-refractivity contribution in [3.8, 4) is 0 Å². The molecule has 0 aromatic carbocycles. The fraction of sp³-hybridized carbons (Fsp3) is 0.833. The van der Waals surface area contributed by atoms with Gasteiger partial charge in [-0.15, -0.1) is 0 Å². The number of hydrogen-bond acceptors (Lipinski definition) is 3. The topological polar surface area (TPSA) is 57.5 Å². The maximum atomic E-state index is 12.2. The molecule has 3 aliphatic rings. The van der Waals surface area contributed by atoms with Crippen molar-refractivity contribution in [2.45, 2.75) is 71.8 Å². The first-order valence-electron chi connectivity index (χ1n) is 8.26. The molecule has 0 spiro atoms. The summed E-state index contributed by atoms with van der Waals surface area (Å²) in [6, 6.07) is 0. The van der Waals surface area contributed by atoms with Crippen molar-refractivity contribution < 1.29 is 15.0 Å². The third kappa shape index (κ3) is 2.00. The highest BCUT2D eigenvalue weighted by atomic mass is 16.3.